The number of carbonyl (C=O) groups is 2. The molecular weight excluding hydrogens is 446 g/mol. The summed E-state index contributed by atoms with van der Waals surface area (Å²) in [6.45, 7) is 11.7. The van der Waals surface area contributed by atoms with Crippen molar-refractivity contribution >= 4 is 28.2 Å². The van der Waals surface area contributed by atoms with Gasteiger partial charge in [-0.15, -0.1) is 11.3 Å². The van der Waals surface area contributed by atoms with E-state index in [0.717, 1.165) is 75.5 Å². The van der Waals surface area contributed by atoms with Gasteiger partial charge in [0.1, 0.15) is 11.1 Å². The monoisotopic (exact) mass is 485 g/mol. The van der Waals surface area contributed by atoms with Crippen molar-refractivity contribution in [2.75, 3.05) is 51.1 Å². The fourth-order valence-corrected chi connectivity index (χ4v) is 7.04. The summed E-state index contributed by atoms with van der Waals surface area (Å²) in [5.74, 6) is 1.33. The SMILES string of the molecule is C[C@@H]1C[C@@H](C)CN(C(=O)CN2CCN([C@@H](C)C(=O)Nc3sc4c(c3C#N)CCCCC4)CC2)C1. The van der Waals surface area contributed by atoms with E-state index in [4.69, 9.17) is 0 Å². The first-order valence-electron chi connectivity index (χ1n) is 12.9. The van der Waals surface area contributed by atoms with Gasteiger partial charge >= 0.3 is 0 Å². The molecule has 0 spiro atoms. The minimum absolute atomic E-state index is 0.0475. The highest BCUT2D eigenvalue weighted by molar-refractivity contribution is 7.16. The fraction of sp³-hybridized carbons (Fsp3) is 0.731. The van der Waals surface area contributed by atoms with Gasteiger partial charge in [-0.25, -0.2) is 0 Å². The maximum Gasteiger partial charge on any atom is 0.242 e. The summed E-state index contributed by atoms with van der Waals surface area (Å²) >= 11 is 1.59. The number of piperazine rings is 1. The van der Waals surface area contributed by atoms with Crippen LogP contribution in [0.15, 0.2) is 0 Å². The van der Waals surface area contributed by atoms with Crippen molar-refractivity contribution in [2.45, 2.75) is 65.3 Å². The number of thiophene rings is 1. The van der Waals surface area contributed by atoms with Crippen LogP contribution < -0.4 is 5.32 Å². The predicted molar refractivity (Wildman–Crippen MR) is 136 cm³/mol. The summed E-state index contributed by atoms with van der Waals surface area (Å²) in [6.07, 6.45) is 6.63. The van der Waals surface area contributed by atoms with Crippen LogP contribution in [-0.2, 0) is 22.4 Å². The van der Waals surface area contributed by atoms with Crippen molar-refractivity contribution in [3.05, 3.63) is 16.0 Å². The fourth-order valence-electron chi connectivity index (χ4n) is 5.80. The molecule has 3 aliphatic rings. The summed E-state index contributed by atoms with van der Waals surface area (Å²) in [7, 11) is 0. The van der Waals surface area contributed by atoms with E-state index in [1.165, 1.54) is 17.7 Å². The Morgan fingerprint density at radius 3 is 2.44 bits per heavy atom. The molecule has 0 saturated carbocycles. The van der Waals surface area contributed by atoms with E-state index >= 15 is 0 Å². The van der Waals surface area contributed by atoms with Crippen LogP contribution >= 0.6 is 11.3 Å². The molecule has 1 aromatic rings. The highest BCUT2D eigenvalue weighted by Crippen LogP contribution is 2.37. The number of nitriles is 1. The van der Waals surface area contributed by atoms with E-state index in [0.29, 0.717) is 23.9 Å². The average Bonchev–Trinajstić information content (AvgIpc) is 2.97. The molecule has 2 fully saturated rings. The second-order valence-corrected chi connectivity index (χ2v) is 11.7. The number of carbonyl (C=O) groups excluding carboxylic acids is 2. The molecule has 34 heavy (non-hydrogen) atoms. The smallest absolute Gasteiger partial charge is 0.242 e. The van der Waals surface area contributed by atoms with Crippen molar-refractivity contribution in [1.29, 1.82) is 5.26 Å². The lowest BCUT2D eigenvalue weighted by molar-refractivity contribution is -0.136. The van der Waals surface area contributed by atoms with E-state index in [2.05, 4.69) is 35.0 Å². The lowest BCUT2D eigenvalue weighted by Crippen LogP contribution is -2.55. The summed E-state index contributed by atoms with van der Waals surface area (Å²) < 4.78 is 0. The van der Waals surface area contributed by atoms with Gasteiger partial charge in [-0.05, 0) is 56.4 Å². The normalized spacial score (nSPS) is 25.2. The molecule has 3 atom stereocenters. The Labute approximate surface area is 208 Å². The van der Waals surface area contributed by atoms with Gasteiger partial charge in [-0.1, -0.05) is 20.3 Å². The zero-order valence-corrected chi connectivity index (χ0v) is 21.8. The quantitative estimate of drug-likeness (QED) is 0.647. The molecule has 7 nitrogen and oxygen atoms in total. The predicted octanol–water partition coefficient (Wildman–Crippen LogP) is 3.34. The van der Waals surface area contributed by atoms with Gasteiger partial charge in [-0.3, -0.25) is 19.4 Å². The van der Waals surface area contributed by atoms with Crippen LogP contribution in [-0.4, -0.2) is 78.4 Å². The lowest BCUT2D eigenvalue weighted by atomic mass is 9.92. The zero-order chi connectivity index (χ0) is 24.2. The molecule has 2 aliphatic heterocycles. The Hall–Kier alpha value is -1.95. The Balaban J connectivity index is 1.28. The first kappa shape index (κ1) is 25.2. The molecule has 186 valence electrons. The van der Waals surface area contributed by atoms with E-state index in [1.807, 2.05) is 11.8 Å². The number of anilines is 1. The third kappa shape index (κ3) is 5.81. The minimum Gasteiger partial charge on any atom is -0.341 e. The number of hydrogen-bond donors (Lipinski definition) is 1. The van der Waals surface area contributed by atoms with Gasteiger partial charge in [0.05, 0.1) is 18.2 Å². The highest BCUT2D eigenvalue weighted by atomic mass is 32.1. The van der Waals surface area contributed by atoms with Crippen LogP contribution in [0, 0.1) is 23.2 Å². The molecule has 4 rings (SSSR count). The van der Waals surface area contributed by atoms with Crippen molar-refractivity contribution in [3.63, 3.8) is 0 Å². The molecule has 2 amide bonds. The number of fused-ring (bicyclic) bond motifs is 1. The molecule has 8 heteroatoms. The Morgan fingerprint density at radius 1 is 1.09 bits per heavy atom. The van der Waals surface area contributed by atoms with Crippen LogP contribution in [0.2, 0.25) is 0 Å². The minimum atomic E-state index is -0.268. The standard InChI is InChI=1S/C26H39N5O2S/c1-18-13-19(2)16-31(15-18)24(32)17-29-9-11-30(12-10-29)20(3)25(33)28-26-22(14-27)21-7-5-4-6-8-23(21)34-26/h18-20H,4-13,15-17H2,1-3H3,(H,28,33)/t18-,19-,20+/m1/s1. The zero-order valence-electron chi connectivity index (χ0n) is 20.9. The highest BCUT2D eigenvalue weighted by Gasteiger charge is 2.30. The number of nitrogens with zero attached hydrogens (tertiary/aromatic N) is 4. The summed E-state index contributed by atoms with van der Waals surface area (Å²) in [4.78, 5) is 33.6. The van der Waals surface area contributed by atoms with Crippen LogP contribution in [0.4, 0.5) is 5.00 Å². The third-order valence-corrected chi connectivity index (χ3v) is 8.89. The molecule has 0 unspecified atom stereocenters. The van der Waals surface area contributed by atoms with Crippen molar-refractivity contribution < 1.29 is 9.59 Å². The second kappa shape index (κ2) is 11.2. The molecule has 3 heterocycles. The Morgan fingerprint density at radius 2 is 1.76 bits per heavy atom. The number of piperidine rings is 1. The molecule has 0 aromatic carbocycles. The Bertz CT molecular complexity index is 920. The van der Waals surface area contributed by atoms with Gasteiger partial charge in [-0.2, -0.15) is 5.26 Å². The summed E-state index contributed by atoms with van der Waals surface area (Å²) in [5.41, 5.74) is 1.83. The number of rotatable bonds is 5. The van der Waals surface area contributed by atoms with E-state index in [9.17, 15) is 14.9 Å². The number of likely N-dealkylation sites (tertiary alicyclic amines) is 1. The third-order valence-electron chi connectivity index (χ3n) is 7.68. The molecule has 1 N–H and O–H groups in total. The van der Waals surface area contributed by atoms with Crippen molar-refractivity contribution in [1.82, 2.24) is 14.7 Å². The summed E-state index contributed by atoms with van der Waals surface area (Å²) in [6, 6.07) is 2.08. The maximum absolute atomic E-state index is 13.1. The largest absolute Gasteiger partial charge is 0.341 e. The van der Waals surface area contributed by atoms with Crippen LogP contribution in [0.1, 0.15) is 62.5 Å². The molecule has 2 saturated heterocycles. The second-order valence-electron chi connectivity index (χ2n) is 10.6. The lowest BCUT2D eigenvalue weighted by Gasteiger charge is -2.39. The molecule has 1 aromatic heterocycles. The molecular formula is C26H39N5O2S. The van der Waals surface area contributed by atoms with E-state index in [1.54, 1.807) is 11.3 Å². The van der Waals surface area contributed by atoms with Crippen LogP contribution in [0.5, 0.6) is 0 Å². The van der Waals surface area contributed by atoms with Gasteiger partial charge in [0, 0.05) is 44.1 Å². The number of amides is 2. The molecule has 0 radical (unpaired) electrons. The van der Waals surface area contributed by atoms with Crippen molar-refractivity contribution in [2.24, 2.45) is 11.8 Å². The number of nitrogens with one attached hydrogen (secondary N) is 1. The van der Waals surface area contributed by atoms with Gasteiger partial charge in [0.15, 0.2) is 0 Å². The molecule has 1 aliphatic carbocycles. The first-order chi connectivity index (χ1) is 16.4. The first-order valence-corrected chi connectivity index (χ1v) is 13.8. The van der Waals surface area contributed by atoms with Crippen LogP contribution in [0.25, 0.3) is 0 Å². The number of aryl methyl sites for hydroxylation is 1. The van der Waals surface area contributed by atoms with Crippen LogP contribution in [0.3, 0.4) is 0 Å². The Kier molecular flexibility index (Phi) is 8.28. The average molecular weight is 486 g/mol. The van der Waals surface area contributed by atoms with Gasteiger partial charge < -0.3 is 10.2 Å². The maximum atomic E-state index is 13.1. The topological polar surface area (TPSA) is 79.7 Å². The number of hydrogen-bond acceptors (Lipinski definition) is 6. The van der Waals surface area contributed by atoms with Crippen molar-refractivity contribution in [3.8, 4) is 6.07 Å². The van der Waals surface area contributed by atoms with E-state index < -0.39 is 0 Å². The van der Waals surface area contributed by atoms with E-state index in [-0.39, 0.29) is 17.9 Å². The van der Waals surface area contributed by atoms with Gasteiger partial charge in [0.2, 0.25) is 11.8 Å². The summed E-state index contributed by atoms with van der Waals surface area (Å²) in [5, 5.41) is 13.5. The van der Waals surface area contributed by atoms with Gasteiger partial charge in [0.25, 0.3) is 0 Å². The molecule has 0 bridgehead atoms.